The van der Waals surface area contributed by atoms with Crippen molar-refractivity contribution in [2.75, 3.05) is 26.7 Å². The van der Waals surface area contributed by atoms with Crippen molar-refractivity contribution in [3.63, 3.8) is 0 Å². The normalized spacial score (nSPS) is 24.9. The predicted molar refractivity (Wildman–Crippen MR) is 59.5 cm³/mol. The lowest BCUT2D eigenvalue weighted by molar-refractivity contribution is 0.134. The fraction of sp³-hybridized carbons (Fsp3) is 0.875. The molecule has 3 N–H and O–H groups in total. The number of aliphatic hydroxyl groups is 1. The molecule has 0 aromatic carbocycles. The van der Waals surface area contributed by atoms with Crippen LogP contribution in [0.2, 0.25) is 0 Å². The summed E-state index contributed by atoms with van der Waals surface area (Å²) < 4.78 is 30.6. The monoisotopic (exact) mass is 267 g/mol. The van der Waals surface area contributed by atoms with Crippen molar-refractivity contribution in [2.45, 2.75) is 19.1 Å². The van der Waals surface area contributed by atoms with Crippen LogP contribution >= 0.6 is 0 Å². The molecule has 1 amide bonds. The van der Waals surface area contributed by atoms with Crippen LogP contribution < -0.4 is 10.0 Å². The first-order valence-electron chi connectivity index (χ1n) is 5.19. The molecular formula is C8H17N3O5S. The number of rotatable bonds is 4. The van der Waals surface area contributed by atoms with Gasteiger partial charge in [0.25, 0.3) is 0 Å². The van der Waals surface area contributed by atoms with Gasteiger partial charge in [-0.25, -0.2) is 9.52 Å². The zero-order valence-electron chi connectivity index (χ0n) is 9.71. The van der Waals surface area contributed by atoms with E-state index in [-0.39, 0.29) is 6.61 Å². The molecule has 0 unspecified atom stereocenters. The molecule has 1 fully saturated rings. The summed E-state index contributed by atoms with van der Waals surface area (Å²) in [6.07, 6.45) is -1.82. The molecule has 0 aromatic heterocycles. The van der Waals surface area contributed by atoms with E-state index in [0.717, 1.165) is 4.31 Å². The Balaban J connectivity index is 2.66. The van der Waals surface area contributed by atoms with Crippen LogP contribution in [0.15, 0.2) is 0 Å². The molecule has 100 valence electrons. The average Bonchev–Trinajstić information content (AvgIpc) is 2.62. The zero-order chi connectivity index (χ0) is 13.1. The molecule has 0 aliphatic carbocycles. The topological polar surface area (TPSA) is 108 Å². The first-order valence-corrected chi connectivity index (χ1v) is 6.63. The Labute approximate surface area is 100 Å². The van der Waals surface area contributed by atoms with Crippen LogP contribution in [0.25, 0.3) is 0 Å². The Morgan fingerprint density at radius 2 is 2.24 bits per heavy atom. The molecule has 17 heavy (non-hydrogen) atoms. The zero-order valence-corrected chi connectivity index (χ0v) is 10.5. The smallest absolute Gasteiger partial charge is 0.421 e. The molecule has 0 saturated carbocycles. The molecule has 0 aromatic rings. The Morgan fingerprint density at radius 1 is 1.59 bits per heavy atom. The van der Waals surface area contributed by atoms with Crippen LogP contribution in [-0.4, -0.2) is 62.8 Å². The minimum absolute atomic E-state index is 0.0820. The van der Waals surface area contributed by atoms with Gasteiger partial charge >= 0.3 is 16.3 Å². The van der Waals surface area contributed by atoms with Crippen molar-refractivity contribution in [2.24, 2.45) is 0 Å². The molecule has 8 nitrogen and oxygen atoms in total. The number of likely N-dealkylation sites (N-methyl/N-ethyl adjacent to an activating group) is 1. The van der Waals surface area contributed by atoms with Crippen LogP contribution in [0.5, 0.6) is 0 Å². The predicted octanol–water partition coefficient (Wildman–Crippen LogP) is -1.76. The Hall–Kier alpha value is -0.900. The molecule has 1 heterocycles. The molecule has 1 aliphatic heterocycles. The number of ether oxygens (including phenoxy) is 1. The fourth-order valence-corrected chi connectivity index (χ4v) is 2.52. The third-order valence-electron chi connectivity index (χ3n) is 2.49. The maximum absolute atomic E-state index is 11.7. The number of hydrogen-bond donors (Lipinski definition) is 3. The van der Waals surface area contributed by atoms with Gasteiger partial charge in [0.2, 0.25) is 0 Å². The molecule has 1 rings (SSSR count). The summed E-state index contributed by atoms with van der Waals surface area (Å²) in [6, 6.07) is -0.595. The summed E-state index contributed by atoms with van der Waals surface area (Å²) in [6.45, 7) is 2.31. The van der Waals surface area contributed by atoms with Gasteiger partial charge in [0.15, 0.2) is 0 Å². The van der Waals surface area contributed by atoms with Gasteiger partial charge < -0.3 is 15.2 Å². The third-order valence-corrected chi connectivity index (χ3v) is 3.94. The number of hydrogen-bond acceptors (Lipinski definition) is 6. The lowest BCUT2D eigenvalue weighted by Crippen LogP contribution is -2.50. The Bertz CT molecular complexity index is 371. The highest BCUT2D eigenvalue weighted by Gasteiger charge is 2.35. The van der Waals surface area contributed by atoms with E-state index in [1.807, 2.05) is 0 Å². The van der Waals surface area contributed by atoms with Gasteiger partial charge in [-0.05, 0) is 6.92 Å². The second-order valence-electron chi connectivity index (χ2n) is 3.64. The number of β-amino-alcohol motifs (C(OH)–C–C–N with tert-alkyl or cyclic N) is 1. The van der Waals surface area contributed by atoms with E-state index in [9.17, 15) is 18.3 Å². The maximum Gasteiger partial charge on any atom is 0.421 e. The molecule has 1 aliphatic rings. The number of nitrogens with one attached hydrogen (secondary N) is 2. The van der Waals surface area contributed by atoms with Gasteiger partial charge in [0.1, 0.15) is 0 Å². The SMILES string of the molecule is CCOC(=O)NS(=O)(=O)N(C)[C@@H]1CNC[C@H]1O. The highest BCUT2D eigenvalue weighted by atomic mass is 32.2. The molecule has 0 radical (unpaired) electrons. The second-order valence-corrected chi connectivity index (χ2v) is 5.37. The molecule has 0 bridgehead atoms. The van der Waals surface area contributed by atoms with E-state index in [4.69, 9.17) is 0 Å². The van der Waals surface area contributed by atoms with Gasteiger partial charge in [-0.1, -0.05) is 0 Å². The average molecular weight is 267 g/mol. The number of amides is 1. The fourth-order valence-electron chi connectivity index (χ4n) is 1.54. The first kappa shape index (κ1) is 14.2. The molecule has 9 heteroatoms. The van der Waals surface area contributed by atoms with Gasteiger partial charge in [0.05, 0.1) is 18.8 Å². The lowest BCUT2D eigenvalue weighted by atomic mass is 10.2. The number of carbonyl (C=O) groups is 1. The maximum atomic E-state index is 11.7. The van der Waals surface area contributed by atoms with E-state index in [0.29, 0.717) is 13.1 Å². The first-order chi connectivity index (χ1) is 7.88. The Kier molecular flexibility index (Phi) is 4.69. The molecule has 0 spiro atoms. The van der Waals surface area contributed by atoms with Crippen LogP contribution in [-0.2, 0) is 14.9 Å². The van der Waals surface area contributed by atoms with Crippen LogP contribution in [0.4, 0.5) is 4.79 Å². The molecule has 1 saturated heterocycles. The summed E-state index contributed by atoms with van der Waals surface area (Å²) in [5.74, 6) is 0. The van der Waals surface area contributed by atoms with Crippen molar-refractivity contribution in [1.29, 1.82) is 0 Å². The van der Waals surface area contributed by atoms with Gasteiger partial charge in [-0.2, -0.15) is 12.7 Å². The van der Waals surface area contributed by atoms with E-state index >= 15 is 0 Å². The molecular weight excluding hydrogens is 250 g/mol. The lowest BCUT2D eigenvalue weighted by Gasteiger charge is -2.25. The van der Waals surface area contributed by atoms with Gasteiger partial charge in [-0.3, -0.25) is 0 Å². The number of aliphatic hydroxyl groups excluding tert-OH is 1. The summed E-state index contributed by atoms with van der Waals surface area (Å²) in [5, 5.41) is 12.4. The third kappa shape index (κ3) is 3.53. The van der Waals surface area contributed by atoms with Crippen LogP contribution in [0.1, 0.15) is 6.92 Å². The summed E-state index contributed by atoms with van der Waals surface area (Å²) >= 11 is 0. The second kappa shape index (κ2) is 5.63. The number of carbonyl (C=O) groups excluding carboxylic acids is 1. The van der Waals surface area contributed by atoms with E-state index in [1.54, 1.807) is 11.6 Å². The van der Waals surface area contributed by atoms with Crippen molar-refractivity contribution < 1.29 is 23.1 Å². The van der Waals surface area contributed by atoms with E-state index in [1.165, 1.54) is 7.05 Å². The minimum Gasteiger partial charge on any atom is -0.449 e. The summed E-state index contributed by atoms with van der Waals surface area (Å²) in [5.41, 5.74) is 0. The Morgan fingerprint density at radius 3 is 2.71 bits per heavy atom. The summed E-state index contributed by atoms with van der Waals surface area (Å²) in [7, 11) is -2.70. The van der Waals surface area contributed by atoms with Crippen molar-refractivity contribution >= 4 is 16.3 Å². The minimum atomic E-state index is -3.99. The van der Waals surface area contributed by atoms with Gasteiger partial charge in [-0.15, -0.1) is 0 Å². The highest BCUT2D eigenvalue weighted by Crippen LogP contribution is 2.10. The highest BCUT2D eigenvalue weighted by molar-refractivity contribution is 7.87. The van der Waals surface area contributed by atoms with Crippen molar-refractivity contribution in [1.82, 2.24) is 14.3 Å². The largest absolute Gasteiger partial charge is 0.449 e. The number of nitrogens with zero attached hydrogens (tertiary/aromatic N) is 1. The van der Waals surface area contributed by atoms with Gasteiger partial charge in [0, 0.05) is 20.1 Å². The van der Waals surface area contributed by atoms with Crippen molar-refractivity contribution in [3.05, 3.63) is 0 Å². The van der Waals surface area contributed by atoms with Crippen LogP contribution in [0, 0.1) is 0 Å². The standard InChI is InChI=1S/C8H17N3O5S/c1-3-16-8(13)10-17(14,15)11(2)6-4-9-5-7(6)12/h6-7,9,12H,3-5H2,1-2H3,(H,10,13)/t6-,7-/m1/s1. The summed E-state index contributed by atoms with van der Waals surface area (Å²) in [4.78, 5) is 11.0. The molecule has 2 atom stereocenters. The van der Waals surface area contributed by atoms with E-state index in [2.05, 4.69) is 10.1 Å². The quantitative estimate of drug-likeness (QED) is 0.557. The van der Waals surface area contributed by atoms with Crippen molar-refractivity contribution in [3.8, 4) is 0 Å². The van der Waals surface area contributed by atoms with E-state index < -0.39 is 28.4 Å². The van der Waals surface area contributed by atoms with Crippen LogP contribution in [0.3, 0.4) is 0 Å².